The second kappa shape index (κ2) is 19.6. The Kier molecular flexibility index (Phi) is 17.0. The number of aliphatic hydroxyl groups is 4. The van der Waals surface area contributed by atoms with Gasteiger partial charge in [0, 0.05) is 61.4 Å². The van der Waals surface area contributed by atoms with Crippen molar-refractivity contribution in [1.29, 1.82) is 0 Å². The van der Waals surface area contributed by atoms with E-state index in [9.17, 15) is 34.8 Å². The zero-order valence-corrected chi connectivity index (χ0v) is 30.5. The SMILES string of the molecule is CC(C)(C)C(=O)/C=C(/O)c1ccccc1.CC(C)(C)C(=O)/C=C(/O)c1ccccc1.O=C(c1ccccc1)C(O)(CO)c1ccccc1.[Ti]. The smallest absolute Gasteiger partial charge is 0.201 e. The van der Waals surface area contributed by atoms with Crippen molar-refractivity contribution in [3.05, 3.63) is 156 Å². The molecule has 7 nitrogen and oxygen atoms in total. The Morgan fingerprint density at radius 3 is 1.10 bits per heavy atom. The molecule has 49 heavy (non-hydrogen) atoms. The summed E-state index contributed by atoms with van der Waals surface area (Å²) in [5, 5.41) is 39.2. The molecule has 4 rings (SSSR count). The van der Waals surface area contributed by atoms with Crippen LogP contribution in [0.2, 0.25) is 0 Å². The molecule has 256 valence electrons. The van der Waals surface area contributed by atoms with Crippen molar-refractivity contribution < 1.29 is 56.5 Å². The number of hydrogen-bond acceptors (Lipinski definition) is 7. The van der Waals surface area contributed by atoms with Gasteiger partial charge in [-0.1, -0.05) is 163 Å². The summed E-state index contributed by atoms with van der Waals surface area (Å²) >= 11 is 0. The number of benzene rings is 4. The van der Waals surface area contributed by atoms with E-state index in [1.807, 2.05) is 77.9 Å². The summed E-state index contributed by atoms with van der Waals surface area (Å²) in [6.07, 6.45) is 2.57. The van der Waals surface area contributed by atoms with Gasteiger partial charge in [0.1, 0.15) is 11.5 Å². The molecule has 0 fully saturated rings. The Bertz CT molecular complexity index is 1590. The van der Waals surface area contributed by atoms with E-state index in [1.165, 1.54) is 12.2 Å². The number of hydrogen-bond donors (Lipinski definition) is 4. The van der Waals surface area contributed by atoms with E-state index in [-0.39, 0.29) is 44.8 Å². The first-order valence-corrected chi connectivity index (χ1v) is 15.5. The molecule has 0 aromatic heterocycles. The Labute approximate surface area is 304 Å². The fourth-order valence-corrected chi connectivity index (χ4v) is 3.90. The van der Waals surface area contributed by atoms with E-state index < -0.39 is 28.8 Å². The first kappa shape index (κ1) is 42.6. The average molecular weight is 699 g/mol. The van der Waals surface area contributed by atoms with E-state index in [4.69, 9.17) is 0 Å². The third-order valence-corrected chi connectivity index (χ3v) is 7.04. The fraction of sp³-hybridized carbons (Fsp3) is 0.244. The average Bonchev–Trinajstić information content (AvgIpc) is 3.08. The van der Waals surface area contributed by atoms with Gasteiger partial charge in [-0.05, 0) is 5.56 Å². The first-order valence-electron chi connectivity index (χ1n) is 15.5. The number of carbonyl (C=O) groups is 3. The van der Waals surface area contributed by atoms with E-state index >= 15 is 0 Å². The maximum atomic E-state index is 12.3. The molecule has 0 aliphatic rings. The summed E-state index contributed by atoms with van der Waals surface area (Å²) in [5.74, 6) is -0.615. The van der Waals surface area contributed by atoms with Crippen LogP contribution in [0.15, 0.2) is 133 Å². The molecular weight excluding hydrogens is 652 g/mol. The van der Waals surface area contributed by atoms with Gasteiger partial charge in [0.2, 0.25) is 5.78 Å². The second-order valence-electron chi connectivity index (χ2n) is 13.1. The third-order valence-electron chi connectivity index (χ3n) is 7.04. The third kappa shape index (κ3) is 13.6. The molecule has 4 aromatic rings. The van der Waals surface area contributed by atoms with Crippen LogP contribution in [0.25, 0.3) is 11.5 Å². The normalized spacial score (nSPS) is 12.8. The van der Waals surface area contributed by atoms with Crippen LogP contribution >= 0.6 is 0 Å². The molecule has 0 aliphatic heterocycles. The molecule has 0 radical (unpaired) electrons. The molecule has 0 amide bonds. The van der Waals surface area contributed by atoms with Crippen molar-refractivity contribution >= 4 is 28.9 Å². The van der Waals surface area contributed by atoms with Crippen molar-refractivity contribution in [3.8, 4) is 0 Å². The number of allylic oxidation sites excluding steroid dienone is 2. The first-order chi connectivity index (χ1) is 22.5. The number of Topliss-reactive ketones (excluding diaryl/α,β-unsaturated/α-hetero) is 1. The fourth-order valence-electron chi connectivity index (χ4n) is 3.90. The Balaban J connectivity index is 0.000000366. The Morgan fingerprint density at radius 2 is 0.816 bits per heavy atom. The van der Waals surface area contributed by atoms with Crippen LogP contribution in [-0.2, 0) is 36.9 Å². The standard InChI is InChI=1S/C15H14O3.2C13H16O2.Ti/c16-11-15(18,13-9-5-2-6-10-13)14(17)12-7-3-1-4-8-12;2*1-13(2,3)12(15)9-11(14)10-7-5-4-6-8-10;/h1-10,16,18H,11H2;2*4-9,14H,1-3H3;/b;2*11-9+;. The predicted molar refractivity (Wildman–Crippen MR) is 191 cm³/mol. The summed E-state index contributed by atoms with van der Waals surface area (Å²) in [5.41, 5.74) is -0.710. The summed E-state index contributed by atoms with van der Waals surface area (Å²) in [6.45, 7) is 10.3. The van der Waals surface area contributed by atoms with Gasteiger partial charge in [-0.25, -0.2) is 0 Å². The van der Waals surface area contributed by atoms with Gasteiger partial charge in [-0.3, -0.25) is 14.4 Å². The number of ketones is 3. The van der Waals surface area contributed by atoms with Crippen molar-refractivity contribution in [2.24, 2.45) is 10.8 Å². The molecule has 0 aliphatic carbocycles. The molecule has 0 heterocycles. The zero-order chi connectivity index (χ0) is 36.0. The summed E-state index contributed by atoms with van der Waals surface area (Å²) in [7, 11) is 0. The van der Waals surface area contributed by atoms with Crippen molar-refractivity contribution in [2.45, 2.75) is 47.1 Å². The number of aliphatic hydroxyl groups excluding tert-OH is 3. The van der Waals surface area contributed by atoms with Crippen LogP contribution in [0, 0.1) is 10.8 Å². The molecule has 4 N–H and O–H groups in total. The number of carbonyl (C=O) groups excluding carboxylic acids is 3. The van der Waals surface area contributed by atoms with Crippen LogP contribution in [0.4, 0.5) is 0 Å². The van der Waals surface area contributed by atoms with Crippen LogP contribution in [-0.4, -0.2) is 44.4 Å². The number of rotatable bonds is 8. The van der Waals surface area contributed by atoms with E-state index in [0.717, 1.165) is 0 Å². The minimum absolute atomic E-state index is 0. The molecule has 0 bridgehead atoms. The minimum Gasteiger partial charge on any atom is -0.507 e. The summed E-state index contributed by atoms with van der Waals surface area (Å²) < 4.78 is 0. The van der Waals surface area contributed by atoms with Crippen molar-refractivity contribution in [2.75, 3.05) is 6.61 Å². The van der Waals surface area contributed by atoms with Crippen molar-refractivity contribution in [1.82, 2.24) is 0 Å². The molecule has 0 saturated heterocycles. The maximum Gasteiger partial charge on any atom is 0.201 e. The quantitative estimate of drug-likeness (QED) is 0.0632. The maximum absolute atomic E-state index is 12.3. The molecule has 0 saturated carbocycles. The van der Waals surface area contributed by atoms with E-state index in [1.54, 1.807) is 84.9 Å². The Morgan fingerprint density at radius 1 is 0.531 bits per heavy atom. The monoisotopic (exact) mass is 698 g/mol. The van der Waals surface area contributed by atoms with Crippen LogP contribution in [0.5, 0.6) is 0 Å². The van der Waals surface area contributed by atoms with Crippen LogP contribution in [0.1, 0.15) is 68.6 Å². The molecule has 4 aromatic carbocycles. The van der Waals surface area contributed by atoms with Crippen LogP contribution in [0.3, 0.4) is 0 Å². The topological polar surface area (TPSA) is 132 Å². The van der Waals surface area contributed by atoms with Gasteiger partial charge in [0.25, 0.3) is 0 Å². The zero-order valence-electron chi connectivity index (χ0n) is 28.9. The van der Waals surface area contributed by atoms with Gasteiger partial charge in [-0.2, -0.15) is 0 Å². The largest absolute Gasteiger partial charge is 0.507 e. The van der Waals surface area contributed by atoms with Gasteiger partial charge in [-0.15, -0.1) is 0 Å². The molecule has 1 atom stereocenters. The summed E-state index contributed by atoms with van der Waals surface area (Å²) in [4.78, 5) is 35.5. The van der Waals surface area contributed by atoms with Crippen LogP contribution < -0.4 is 0 Å². The molecule has 0 spiro atoms. The van der Waals surface area contributed by atoms with Gasteiger partial charge >= 0.3 is 0 Å². The van der Waals surface area contributed by atoms with E-state index in [2.05, 4.69) is 0 Å². The van der Waals surface area contributed by atoms with Gasteiger partial charge < -0.3 is 20.4 Å². The molecule has 1 unspecified atom stereocenters. The minimum atomic E-state index is -1.89. The second-order valence-corrected chi connectivity index (χ2v) is 13.1. The predicted octanol–water partition coefficient (Wildman–Crippen LogP) is 8.15. The van der Waals surface area contributed by atoms with Gasteiger partial charge in [0.15, 0.2) is 17.2 Å². The van der Waals surface area contributed by atoms with E-state index in [0.29, 0.717) is 22.3 Å². The summed E-state index contributed by atoms with van der Waals surface area (Å²) in [6, 6.07) is 35.0. The molecule has 8 heteroatoms. The Hall–Kier alpha value is -4.40. The van der Waals surface area contributed by atoms with Crippen molar-refractivity contribution in [3.63, 3.8) is 0 Å². The van der Waals surface area contributed by atoms with Gasteiger partial charge in [0.05, 0.1) is 6.61 Å². The molecular formula is C41H46O7Ti.